The summed E-state index contributed by atoms with van der Waals surface area (Å²) >= 11 is 1.73. The van der Waals surface area contributed by atoms with Gasteiger partial charge in [0.2, 0.25) is 0 Å². The van der Waals surface area contributed by atoms with Gasteiger partial charge in [0, 0.05) is 4.75 Å². The molecule has 0 aliphatic rings. The van der Waals surface area contributed by atoms with Gasteiger partial charge in [0.1, 0.15) is 11.5 Å². The van der Waals surface area contributed by atoms with Crippen LogP contribution in [0.25, 0.3) is 11.5 Å². The van der Waals surface area contributed by atoms with Crippen LogP contribution in [0.5, 0.6) is 11.5 Å². The van der Waals surface area contributed by atoms with Gasteiger partial charge in [-0.3, -0.25) is 0 Å². The van der Waals surface area contributed by atoms with Crippen molar-refractivity contribution in [3.63, 3.8) is 0 Å². The highest BCUT2D eigenvalue weighted by atomic mass is 32.2. The van der Waals surface area contributed by atoms with E-state index in [9.17, 15) is 5.11 Å². The Balaban J connectivity index is 2.20. The summed E-state index contributed by atoms with van der Waals surface area (Å²) in [4.78, 5) is 4.31. The smallest absolute Gasteiger partial charge is 0.261 e. The van der Waals surface area contributed by atoms with Crippen molar-refractivity contribution in [2.75, 3.05) is 7.11 Å². The summed E-state index contributed by atoms with van der Waals surface area (Å²) in [5, 5.41) is 13.8. The zero-order chi connectivity index (χ0) is 14.8. The number of hydrogen-bond acceptors (Lipinski definition) is 6. The average molecular weight is 294 g/mol. The van der Waals surface area contributed by atoms with Gasteiger partial charge in [-0.1, -0.05) is 25.9 Å². The zero-order valence-corrected chi connectivity index (χ0v) is 12.8. The molecule has 0 fully saturated rings. The van der Waals surface area contributed by atoms with Gasteiger partial charge in [0.05, 0.1) is 18.4 Å². The van der Waals surface area contributed by atoms with Gasteiger partial charge in [0.25, 0.3) is 5.89 Å². The van der Waals surface area contributed by atoms with E-state index in [0.717, 1.165) is 0 Å². The van der Waals surface area contributed by atoms with Gasteiger partial charge < -0.3 is 14.4 Å². The highest BCUT2D eigenvalue weighted by Crippen LogP contribution is 2.32. The lowest BCUT2D eigenvalue weighted by Gasteiger charge is -2.15. The molecule has 2 aromatic rings. The molecule has 0 amide bonds. The lowest BCUT2D eigenvalue weighted by Crippen LogP contribution is -2.07. The van der Waals surface area contributed by atoms with Crippen molar-refractivity contribution in [1.82, 2.24) is 10.1 Å². The van der Waals surface area contributed by atoms with Crippen molar-refractivity contribution >= 4 is 11.8 Å². The van der Waals surface area contributed by atoms with Crippen LogP contribution in [0.2, 0.25) is 0 Å². The molecule has 6 heteroatoms. The highest BCUT2D eigenvalue weighted by Gasteiger charge is 2.16. The van der Waals surface area contributed by atoms with Crippen molar-refractivity contribution in [2.24, 2.45) is 0 Å². The van der Waals surface area contributed by atoms with Crippen molar-refractivity contribution in [3.8, 4) is 23.0 Å². The average Bonchev–Trinajstić information content (AvgIpc) is 2.85. The van der Waals surface area contributed by atoms with Crippen LogP contribution < -0.4 is 4.74 Å². The minimum absolute atomic E-state index is 0.0875. The van der Waals surface area contributed by atoms with E-state index >= 15 is 0 Å². The van der Waals surface area contributed by atoms with Crippen LogP contribution >= 0.6 is 11.8 Å². The minimum Gasteiger partial charge on any atom is -0.507 e. The Kier molecular flexibility index (Phi) is 4.23. The number of hydrogen-bond donors (Lipinski definition) is 1. The first-order valence-electron chi connectivity index (χ1n) is 6.23. The quantitative estimate of drug-likeness (QED) is 0.931. The Hall–Kier alpha value is -1.69. The summed E-state index contributed by atoms with van der Waals surface area (Å²) in [6.07, 6.45) is 0. The molecule has 2 rings (SSSR count). The molecule has 0 aliphatic carbocycles. The molecule has 0 saturated heterocycles. The molecule has 108 valence electrons. The fraction of sp³-hybridized carbons (Fsp3) is 0.429. The summed E-state index contributed by atoms with van der Waals surface area (Å²) in [6.45, 7) is 6.39. The highest BCUT2D eigenvalue weighted by molar-refractivity contribution is 7.99. The molecule has 1 N–H and O–H groups in total. The molecule has 1 aromatic carbocycles. The predicted octanol–water partition coefficient (Wildman–Crippen LogP) is 3.48. The lowest BCUT2D eigenvalue weighted by atomic mass is 10.2. The topological polar surface area (TPSA) is 68.4 Å². The van der Waals surface area contributed by atoms with Crippen molar-refractivity contribution < 1.29 is 14.4 Å². The van der Waals surface area contributed by atoms with E-state index in [1.54, 1.807) is 37.1 Å². The third kappa shape index (κ3) is 3.66. The maximum atomic E-state index is 9.86. The van der Waals surface area contributed by atoms with Crippen LogP contribution in [0, 0.1) is 0 Å². The summed E-state index contributed by atoms with van der Waals surface area (Å²) in [5.74, 6) is 2.29. The summed E-state index contributed by atoms with van der Waals surface area (Å²) in [6, 6.07) is 4.89. The number of methoxy groups -OCH3 is 1. The monoisotopic (exact) mass is 294 g/mol. The van der Waals surface area contributed by atoms with E-state index in [-0.39, 0.29) is 10.5 Å². The molecule has 0 bridgehead atoms. The Labute approximate surface area is 122 Å². The number of ether oxygens (including phenoxy) is 1. The number of thioether (sulfide) groups is 1. The van der Waals surface area contributed by atoms with Crippen molar-refractivity contribution in [2.45, 2.75) is 31.3 Å². The molecule has 0 spiro atoms. The van der Waals surface area contributed by atoms with E-state index in [1.807, 2.05) is 0 Å². The zero-order valence-electron chi connectivity index (χ0n) is 12.0. The first-order valence-corrected chi connectivity index (χ1v) is 7.21. The number of benzene rings is 1. The fourth-order valence-electron chi connectivity index (χ4n) is 1.52. The molecule has 0 radical (unpaired) electrons. The van der Waals surface area contributed by atoms with Crippen LogP contribution in [-0.2, 0) is 5.75 Å². The summed E-state index contributed by atoms with van der Waals surface area (Å²) in [7, 11) is 1.56. The molecular formula is C14H18N2O3S. The molecule has 5 nitrogen and oxygen atoms in total. The number of aromatic nitrogens is 2. The molecule has 0 atom stereocenters. The largest absolute Gasteiger partial charge is 0.507 e. The van der Waals surface area contributed by atoms with E-state index < -0.39 is 0 Å². The second-order valence-electron chi connectivity index (χ2n) is 5.30. The second-order valence-corrected chi connectivity index (χ2v) is 7.10. The first kappa shape index (κ1) is 14.7. The minimum atomic E-state index is 0.0875. The number of phenols is 1. The number of phenolic OH excluding ortho intramolecular Hbond substituents is 1. The Bertz CT molecular complexity index is 590. The van der Waals surface area contributed by atoms with Gasteiger partial charge in [-0.05, 0) is 18.2 Å². The number of aromatic hydroxyl groups is 1. The SMILES string of the molecule is COc1ccc(O)c(-c2nc(CSC(C)(C)C)no2)c1. The number of nitrogens with zero attached hydrogens (tertiary/aromatic N) is 2. The Morgan fingerprint density at radius 2 is 2.10 bits per heavy atom. The maximum absolute atomic E-state index is 9.86. The van der Waals surface area contributed by atoms with Crippen molar-refractivity contribution in [1.29, 1.82) is 0 Å². The molecular weight excluding hydrogens is 276 g/mol. The normalized spacial score (nSPS) is 11.6. The molecule has 20 heavy (non-hydrogen) atoms. The van der Waals surface area contributed by atoms with E-state index in [4.69, 9.17) is 9.26 Å². The summed E-state index contributed by atoms with van der Waals surface area (Å²) < 4.78 is 10.5. The van der Waals surface area contributed by atoms with Crippen LogP contribution in [0.4, 0.5) is 0 Å². The number of rotatable bonds is 4. The van der Waals surface area contributed by atoms with Gasteiger partial charge >= 0.3 is 0 Å². The van der Waals surface area contributed by atoms with Crippen molar-refractivity contribution in [3.05, 3.63) is 24.0 Å². The molecule has 0 unspecified atom stereocenters. The second kappa shape index (κ2) is 5.75. The predicted molar refractivity (Wildman–Crippen MR) is 79.0 cm³/mol. The van der Waals surface area contributed by atoms with Crippen LogP contribution in [0.3, 0.4) is 0 Å². The van der Waals surface area contributed by atoms with Gasteiger partial charge in [-0.15, -0.1) is 11.8 Å². The van der Waals surface area contributed by atoms with Gasteiger partial charge in [0.15, 0.2) is 5.82 Å². The fourth-order valence-corrected chi connectivity index (χ4v) is 2.20. The third-order valence-electron chi connectivity index (χ3n) is 2.54. The molecule has 1 aromatic heterocycles. The molecule has 0 saturated carbocycles. The van der Waals surface area contributed by atoms with E-state index in [1.165, 1.54) is 0 Å². The van der Waals surface area contributed by atoms with Crippen LogP contribution in [0.1, 0.15) is 26.6 Å². The van der Waals surface area contributed by atoms with Crippen LogP contribution in [-0.4, -0.2) is 27.1 Å². The Morgan fingerprint density at radius 3 is 2.75 bits per heavy atom. The third-order valence-corrected chi connectivity index (χ3v) is 3.81. The van der Waals surface area contributed by atoms with Gasteiger partial charge in [-0.25, -0.2) is 0 Å². The van der Waals surface area contributed by atoms with E-state index in [0.29, 0.717) is 28.8 Å². The Morgan fingerprint density at radius 1 is 1.35 bits per heavy atom. The van der Waals surface area contributed by atoms with E-state index in [2.05, 4.69) is 30.9 Å². The molecule has 1 heterocycles. The molecule has 0 aliphatic heterocycles. The maximum Gasteiger partial charge on any atom is 0.261 e. The van der Waals surface area contributed by atoms with Gasteiger partial charge in [-0.2, -0.15) is 4.98 Å². The first-order chi connectivity index (χ1) is 9.39. The lowest BCUT2D eigenvalue weighted by molar-refractivity contribution is 0.407. The van der Waals surface area contributed by atoms with Crippen LogP contribution in [0.15, 0.2) is 22.7 Å². The standard InChI is InChI=1S/C14H18N2O3S/c1-14(2,3)20-8-12-15-13(19-16-12)10-7-9(18-4)5-6-11(10)17/h5-7,17H,8H2,1-4H3. The summed E-state index contributed by atoms with van der Waals surface area (Å²) in [5.41, 5.74) is 0.476.